The fourth-order valence-corrected chi connectivity index (χ4v) is 2.14. The van der Waals surface area contributed by atoms with Crippen LogP contribution < -0.4 is 5.32 Å². The van der Waals surface area contributed by atoms with Crippen molar-refractivity contribution in [2.24, 2.45) is 0 Å². The monoisotopic (exact) mass is 265 g/mol. The molecule has 0 unspecified atom stereocenters. The highest BCUT2D eigenvalue weighted by molar-refractivity contribution is 7.99. The van der Waals surface area contributed by atoms with Crippen molar-refractivity contribution in [1.82, 2.24) is 0 Å². The highest BCUT2D eigenvalue weighted by Gasteiger charge is 2.08. The van der Waals surface area contributed by atoms with Crippen LogP contribution >= 0.6 is 23.4 Å². The van der Waals surface area contributed by atoms with Gasteiger partial charge < -0.3 is 5.32 Å². The van der Waals surface area contributed by atoms with Gasteiger partial charge in [0.15, 0.2) is 5.82 Å². The summed E-state index contributed by atoms with van der Waals surface area (Å²) in [5.74, 6) is 0.790. The molecule has 0 aliphatic heterocycles. The highest BCUT2D eigenvalue weighted by Crippen LogP contribution is 2.26. The molecule has 1 N–H and O–H groups in total. The second kappa shape index (κ2) is 6.97. The Morgan fingerprint density at radius 3 is 2.75 bits per heavy atom. The van der Waals surface area contributed by atoms with Crippen molar-refractivity contribution in [3.8, 4) is 0 Å². The first-order valence-corrected chi connectivity index (χ1v) is 6.64. The summed E-state index contributed by atoms with van der Waals surface area (Å²) in [5, 5.41) is 2.96. The lowest BCUT2D eigenvalue weighted by Crippen LogP contribution is -2.05. The van der Waals surface area contributed by atoms with Crippen LogP contribution in [0.25, 0.3) is 0 Å². The highest BCUT2D eigenvalue weighted by atomic mass is 35.5. The number of rotatable bonds is 6. The number of hydrogen-bond donors (Lipinski definition) is 1. The molecule has 0 aliphatic rings. The molecule has 90 valence electrons. The van der Waals surface area contributed by atoms with E-state index in [0.29, 0.717) is 6.54 Å². The maximum Gasteiger partial charge on any atom is 0.150 e. The molecule has 0 heterocycles. The van der Waals surface area contributed by atoms with E-state index >= 15 is 0 Å². The van der Waals surface area contributed by atoms with Crippen molar-refractivity contribution >= 4 is 29.1 Å². The molecule has 0 aromatic heterocycles. The van der Waals surface area contributed by atoms with Crippen molar-refractivity contribution in [2.45, 2.75) is 13.3 Å². The molecule has 1 nitrogen and oxygen atoms in total. The van der Waals surface area contributed by atoms with Gasteiger partial charge in [0, 0.05) is 12.6 Å². The van der Waals surface area contributed by atoms with Crippen molar-refractivity contribution in [2.75, 3.05) is 23.4 Å². The number of anilines is 1. The van der Waals surface area contributed by atoms with Crippen LogP contribution in [0.1, 0.15) is 13.3 Å². The van der Waals surface area contributed by atoms with Gasteiger partial charge in [-0.2, -0.15) is 11.8 Å². The Bertz CT molecular complexity index is 324. The summed E-state index contributed by atoms with van der Waals surface area (Å²) in [6, 6.07) is 1.93. The molecule has 16 heavy (non-hydrogen) atoms. The third-order valence-corrected chi connectivity index (χ3v) is 3.26. The molecule has 1 aromatic carbocycles. The first-order valence-electron chi connectivity index (χ1n) is 5.11. The topological polar surface area (TPSA) is 12.0 Å². The van der Waals surface area contributed by atoms with E-state index in [1.54, 1.807) is 0 Å². The molecule has 0 saturated carbocycles. The van der Waals surface area contributed by atoms with E-state index in [-0.39, 0.29) is 10.7 Å². The molecule has 0 atom stereocenters. The van der Waals surface area contributed by atoms with Gasteiger partial charge in [-0.25, -0.2) is 8.78 Å². The minimum atomic E-state index is -0.658. The van der Waals surface area contributed by atoms with Crippen LogP contribution in [-0.2, 0) is 0 Å². The Balaban J connectivity index is 2.47. The third kappa shape index (κ3) is 4.18. The lowest BCUT2D eigenvalue weighted by atomic mass is 10.3. The van der Waals surface area contributed by atoms with Crippen LogP contribution in [-0.4, -0.2) is 18.1 Å². The van der Waals surface area contributed by atoms with Gasteiger partial charge in [-0.3, -0.25) is 0 Å². The molecular weight excluding hydrogens is 252 g/mol. The lowest BCUT2D eigenvalue weighted by molar-refractivity contribution is 0.585. The quantitative estimate of drug-likeness (QED) is 0.775. The Morgan fingerprint density at radius 2 is 2.12 bits per heavy atom. The lowest BCUT2D eigenvalue weighted by Gasteiger charge is -2.09. The van der Waals surface area contributed by atoms with Crippen molar-refractivity contribution in [1.29, 1.82) is 0 Å². The second-order valence-electron chi connectivity index (χ2n) is 3.22. The minimum Gasteiger partial charge on any atom is -0.381 e. The van der Waals surface area contributed by atoms with Crippen LogP contribution in [0.5, 0.6) is 0 Å². The summed E-state index contributed by atoms with van der Waals surface area (Å²) in [5.41, 5.74) is 0.185. The Kier molecular flexibility index (Phi) is 5.91. The number of benzene rings is 1. The molecule has 0 spiro atoms. The van der Waals surface area contributed by atoms with E-state index in [1.165, 1.54) is 0 Å². The van der Waals surface area contributed by atoms with E-state index in [9.17, 15) is 8.78 Å². The molecular formula is C11H14ClF2NS. The van der Waals surface area contributed by atoms with E-state index in [2.05, 4.69) is 12.2 Å². The van der Waals surface area contributed by atoms with Gasteiger partial charge in [0.1, 0.15) is 5.82 Å². The maximum atomic E-state index is 13.3. The van der Waals surface area contributed by atoms with Gasteiger partial charge in [-0.15, -0.1) is 0 Å². The summed E-state index contributed by atoms with van der Waals surface area (Å²) in [7, 11) is 0. The summed E-state index contributed by atoms with van der Waals surface area (Å²) in [6.45, 7) is 2.73. The minimum absolute atomic E-state index is 0.0839. The molecule has 5 heteroatoms. The van der Waals surface area contributed by atoms with Crippen LogP contribution in [0.3, 0.4) is 0 Å². The van der Waals surface area contributed by atoms with E-state index in [1.807, 2.05) is 11.8 Å². The summed E-state index contributed by atoms with van der Waals surface area (Å²) < 4.78 is 26.0. The normalized spacial score (nSPS) is 10.5. The zero-order valence-electron chi connectivity index (χ0n) is 9.03. The SMILES string of the molecule is CCSCCCNc1c(F)cc(F)cc1Cl. The summed E-state index contributed by atoms with van der Waals surface area (Å²) in [4.78, 5) is 0. The average molecular weight is 266 g/mol. The van der Waals surface area contributed by atoms with Crippen LogP contribution in [0, 0.1) is 11.6 Å². The molecule has 0 saturated heterocycles. The summed E-state index contributed by atoms with van der Waals surface area (Å²) in [6.07, 6.45) is 0.922. The smallest absolute Gasteiger partial charge is 0.150 e. The largest absolute Gasteiger partial charge is 0.381 e. The van der Waals surface area contributed by atoms with E-state index < -0.39 is 11.6 Å². The zero-order valence-corrected chi connectivity index (χ0v) is 10.6. The van der Waals surface area contributed by atoms with Crippen molar-refractivity contribution in [3.05, 3.63) is 28.8 Å². The van der Waals surface area contributed by atoms with Crippen molar-refractivity contribution in [3.63, 3.8) is 0 Å². The maximum absolute atomic E-state index is 13.3. The first-order chi connectivity index (χ1) is 7.65. The molecule has 0 fully saturated rings. The molecule has 1 aromatic rings. The number of nitrogens with one attached hydrogen (secondary N) is 1. The number of hydrogen-bond acceptors (Lipinski definition) is 2. The molecule has 0 bridgehead atoms. The fraction of sp³-hybridized carbons (Fsp3) is 0.455. The average Bonchev–Trinajstić information content (AvgIpc) is 2.20. The molecule has 0 amide bonds. The predicted molar refractivity (Wildman–Crippen MR) is 67.5 cm³/mol. The number of halogens is 3. The molecule has 0 aliphatic carbocycles. The zero-order chi connectivity index (χ0) is 12.0. The third-order valence-electron chi connectivity index (χ3n) is 1.98. The second-order valence-corrected chi connectivity index (χ2v) is 5.02. The van der Waals surface area contributed by atoms with Crippen molar-refractivity contribution < 1.29 is 8.78 Å². The Labute approximate surface area is 104 Å². The van der Waals surface area contributed by atoms with Gasteiger partial charge in [0.25, 0.3) is 0 Å². The van der Waals surface area contributed by atoms with Crippen LogP contribution in [0.4, 0.5) is 14.5 Å². The van der Waals surface area contributed by atoms with Gasteiger partial charge >= 0.3 is 0 Å². The van der Waals surface area contributed by atoms with Crippen LogP contribution in [0.2, 0.25) is 5.02 Å². The fourth-order valence-electron chi connectivity index (χ4n) is 1.24. The van der Waals surface area contributed by atoms with Gasteiger partial charge in [0.2, 0.25) is 0 Å². The van der Waals surface area contributed by atoms with Gasteiger partial charge in [-0.1, -0.05) is 18.5 Å². The predicted octanol–water partition coefficient (Wildman–Crippen LogP) is 4.17. The number of thioether (sulfide) groups is 1. The summed E-state index contributed by atoms with van der Waals surface area (Å²) >= 11 is 7.55. The van der Waals surface area contributed by atoms with Crippen LogP contribution in [0.15, 0.2) is 12.1 Å². The van der Waals surface area contributed by atoms with E-state index in [4.69, 9.17) is 11.6 Å². The van der Waals surface area contributed by atoms with E-state index in [0.717, 1.165) is 30.1 Å². The molecule has 0 radical (unpaired) electrons. The standard InChI is InChI=1S/C11H14ClF2NS/c1-2-16-5-3-4-15-11-9(12)6-8(13)7-10(11)14/h6-7,15H,2-5H2,1H3. The Hall–Kier alpha value is -0.480. The Morgan fingerprint density at radius 1 is 1.38 bits per heavy atom. The molecule has 1 rings (SSSR count). The first kappa shape index (κ1) is 13.6. The van der Waals surface area contributed by atoms with Gasteiger partial charge in [0.05, 0.1) is 10.7 Å². The van der Waals surface area contributed by atoms with Gasteiger partial charge in [-0.05, 0) is 24.0 Å².